The maximum Gasteiger partial charge on any atom is 0.123 e. The van der Waals surface area contributed by atoms with Gasteiger partial charge in [-0.3, -0.25) is 0 Å². The summed E-state index contributed by atoms with van der Waals surface area (Å²) < 4.78 is 12.9. The van der Waals surface area contributed by atoms with Gasteiger partial charge in [-0.2, -0.15) is 0 Å². The molecular weight excluding hydrogens is 199 g/mol. The summed E-state index contributed by atoms with van der Waals surface area (Å²) in [5.74, 6) is 0.451. The van der Waals surface area contributed by atoms with E-state index in [-0.39, 0.29) is 5.82 Å². The zero-order valence-electron chi connectivity index (χ0n) is 11.3. The number of hydrogen-bond donors (Lipinski definition) is 0. The van der Waals surface area contributed by atoms with Crippen molar-refractivity contribution < 1.29 is 4.39 Å². The monoisotopic (exact) mass is 224 g/mol. The number of aryl methyl sites for hydroxylation is 1. The molecule has 0 saturated heterocycles. The van der Waals surface area contributed by atoms with E-state index in [4.69, 9.17) is 0 Å². The first kappa shape index (κ1) is 15.2. The summed E-state index contributed by atoms with van der Waals surface area (Å²) in [4.78, 5) is 0. The van der Waals surface area contributed by atoms with Gasteiger partial charge in [0.05, 0.1) is 0 Å². The van der Waals surface area contributed by atoms with Crippen LogP contribution in [-0.4, -0.2) is 0 Å². The number of benzene rings is 1. The van der Waals surface area contributed by atoms with Gasteiger partial charge in [0.1, 0.15) is 5.82 Å². The third-order valence-corrected chi connectivity index (χ3v) is 2.72. The van der Waals surface area contributed by atoms with Crippen LogP contribution in [0.15, 0.2) is 18.2 Å². The number of rotatable bonds is 0. The quantitative estimate of drug-likeness (QED) is 0.559. The molecule has 1 atom stereocenters. The van der Waals surface area contributed by atoms with Gasteiger partial charge in [-0.05, 0) is 48.4 Å². The Balaban J connectivity index is 0.000000509. The van der Waals surface area contributed by atoms with E-state index in [1.54, 1.807) is 12.1 Å². The van der Waals surface area contributed by atoms with E-state index in [1.807, 2.05) is 33.8 Å². The Hall–Kier alpha value is -0.850. The third kappa shape index (κ3) is 3.96. The molecule has 1 heteroatoms. The highest BCUT2D eigenvalue weighted by molar-refractivity contribution is 5.32. The van der Waals surface area contributed by atoms with Gasteiger partial charge in [-0.1, -0.05) is 40.7 Å². The molecule has 0 fully saturated rings. The smallest absolute Gasteiger partial charge is 0.123 e. The number of hydrogen-bond acceptors (Lipinski definition) is 0. The van der Waals surface area contributed by atoms with Crippen LogP contribution < -0.4 is 0 Å². The second-order valence-corrected chi connectivity index (χ2v) is 3.64. The highest BCUT2D eigenvalue weighted by atomic mass is 19.1. The van der Waals surface area contributed by atoms with E-state index in [2.05, 4.69) is 6.92 Å². The topological polar surface area (TPSA) is 0 Å². The maximum atomic E-state index is 12.9. The Morgan fingerprint density at radius 2 is 1.75 bits per heavy atom. The fourth-order valence-electron chi connectivity index (χ4n) is 2.01. The van der Waals surface area contributed by atoms with E-state index in [0.717, 1.165) is 6.42 Å². The first-order valence-electron chi connectivity index (χ1n) is 6.55. The van der Waals surface area contributed by atoms with Crippen molar-refractivity contribution in [2.45, 2.75) is 59.8 Å². The first-order chi connectivity index (χ1) is 7.77. The van der Waals surface area contributed by atoms with E-state index in [9.17, 15) is 4.39 Å². The molecule has 0 radical (unpaired) electrons. The van der Waals surface area contributed by atoms with Gasteiger partial charge < -0.3 is 0 Å². The fraction of sp³-hybridized carbons (Fsp3) is 0.600. The van der Waals surface area contributed by atoms with Crippen LogP contribution in [0.25, 0.3) is 0 Å². The fourth-order valence-corrected chi connectivity index (χ4v) is 2.01. The minimum atomic E-state index is -0.0949. The highest BCUT2D eigenvalue weighted by Gasteiger charge is 2.16. The summed E-state index contributed by atoms with van der Waals surface area (Å²) in [5.41, 5.74) is 2.57. The molecule has 0 aliphatic heterocycles. The van der Waals surface area contributed by atoms with E-state index >= 15 is 0 Å². The van der Waals surface area contributed by atoms with Crippen molar-refractivity contribution in [3.05, 3.63) is 35.1 Å². The van der Waals surface area contributed by atoms with Crippen molar-refractivity contribution >= 4 is 0 Å². The van der Waals surface area contributed by atoms with Gasteiger partial charge in [0.2, 0.25) is 0 Å². The van der Waals surface area contributed by atoms with Crippen molar-refractivity contribution in [2.75, 3.05) is 0 Å². The molecular formula is C15H25F. The molecule has 0 unspecified atom stereocenters. The lowest BCUT2D eigenvalue weighted by molar-refractivity contribution is 0.572. The standard InChI is InChI=1S/C11H13F.2C2H6/c1-8-3-2-4-9-5-6-10(12)7-11(8)9;2*1-2/h5-8H,2-4H2,1H3;2*1-2H3/t8-;;/m1../s1. The molecule has 1 aliphatic rings. The Bertz CT molecular complexity index is 291. The lowest BCUT2D eigenvalue weighted by Gasteiger charge is -2.21. The zero-order chi connectivity index (χ0) is 12.6. The van der Waals surface area contributed by atoms with Crippen LogP contribution in [0, 0.1) is 5.82 Å². The summed E-state index contributed by atoms with van der Waals surface area (Å²) in [6, 6.07) is 5.19. The van der Waals surface area contributed by atoms with Gasteiger partial charge in [0.15, 0.2) is 0 Å². The molecule has 2 rings (SSSR count). The summed E-state index contributed by atoms with van der Waals surface area (Å²) in [7, 11) is 0. The average Bonchev–Trinajstić information content (AvgIpc) is 2.35. The number of fused-ring (bicyclic) bond motifs is 1. The molecule has 1 aromatic carbocycles. The second-order valence-electron chi connectivity index (χ2n) is 3.64. The van der Waals surface area contributed by atoms with Gasteiger partial charge >= 0.3 is 0 Å². The van der Waals surface area contributed by atoms with E-state index < -0.39 is 0 Å². The van der Waals surface area contributed by atoms with Crippen LogP contribution in [0.5, 0.6) is 0 Å². The molecule has 0 amide bonds. The molecule has 0 nitrogen and oxygen atoms in total. The molecule has 92 valence electrons. The predicted octanol–water partition coefficient (Wildman–Crippen LogP) is 5.32. The molecule has 0 spiro atoms. The summed E-state index contributed by atoms with van der Waals surface area (Å²) in [6.07, 6.45) is 3.58. The van der Waals surface area contributed by atoms with Crippen molar-refractivity contribution in [3.63, 3.8) is 0 Å². The molecule has 0 N–H and O–H groups in total. The highest BCUT2D eigenvalue weighted by Crippen LogP contribution is 2.31. The molecule has 1 aromatic rings. The largest absolute Gasteiger partial charge is 0.207 e. The van der Waals surface area contributed by atoms with Gasteiger partial charge in [-0.15, -0.1) is 0 Å². The predicted molar refractivity (Wildman–Crippen MR) is 70.4 cm³/mol. The molecule has 16 heavy (non-hydrogen) atoms. The summed E-state index contributed by atoms with van der Waals surface area (Å²) in [5, 5.41) is 0. The first-order valence-corrected chi connectivity index (χ1v) is 6.55. The van der Waals surface area contributed by atoms with E-state index in [0.29, 0.717) is 5.92 Å². The second kappa shape index (κ2) is 8.32. The van der Waals surface area contributed by atoms with Crippen LogP contribution in [0.3, 0.4) is 0 Å². The van der Waals surface area contributed by atoms with Crippen molar-refractivity contribution in [1.82, 2.24) is 0 Å². The Morgan fingerprint density at radius 3 is 2.38 bits per heavy atom. The van der Waals surface area contributed by atoms with Crippen LogP contribution in [-0.2, 0) is 6.42 Å². The van der Waals surface area contributed by atoms with Gasteiger partial charge in [-0.25, -0.2) is 4.39 Å². The Morgan fingerprint density at radius 1 is 1.12 bits per heavy atom. The van der Waals surface area contributed by atoms with Gasteiger partial charge in [0, 0.05) is 0 Å². The minimum Gasteiger partial charge on any atom is -0.207 e. The van der Waals surface area contributed by atoms with Crippen LogP contribution in [0.1, 0.15) is 64.5 Å². The summed E-state index contributed by atoms with van der Waals surface area (Å²) >= 11 is 0. The number of halogens is 1. The zero-order valence-corrected chi connectivity index (χ0v) is 11.3. The Labute approximate surface area is 99.9 Å². The van der Waals surface area contributed by atoms with Crippen molar-refractivity contribution in [3.8, 4) is 0 Å². The average molecular weight is 224 g/mol. The van der Waals surface area contributed by atoms with Crippen molar-refractivity contribution in [1.29, 1.82) is 0 Å². The molecule has 0 bridgehead atoms. The van der Waals surface area contributed by atoms with Crippen LogP contribution >= 0.6 is 0 Å². The lowest BCUT2D eigenvalue weighted by atomic mass is 9.84. The SMILES string of the molecule is CC.CC.C[C@@H]1CCCc2ccc(F)cc21. The normalized spacial score (nSPS) is 17.2. The van der Waals surface area contributed by atoms with Crippen LogP contribution in [0.2, 0.25) is 0 Å². The third-order valence-electron chi connectivity index (χ3n) is 2.72. The van der Waals surface area contributed by atoms with E-state index in [1.165, 1.54) is 24.0 Å². The van der Waals surface area contributed by atoms with Crippen molar-refractivity contribution in [2.24, 2.45) is 0 Å². The minimum absolute atomic E-state index is 0.0949. The van der Waals surface area contributed by atoms with Crippen LogP contribution in [0.4, 0.5) is 4.39 Å². The van der Waals surface area contributed by atoms with Gasteiger partial charge in [0.25, 0.3) is 0 Å². The maximum absolute atomic E-state index is 12.9. The lowest BCUT2D eigenvalue weighted by Crippen LogP contribution is -2.06. The molecule has 1 aliphatic carbocycles. The molecule has 0 heterocycles. The summed E-state index contributed by atoms with van der Waals surface area (Å²) in [6.45, 7) is 10.2. The molecule has 0 saturated carbocycles. The molecule has 0 aromatic heterocycles. The Kier molecular flexibility index (Phi) is 7.88.